The summed E-state index contributed by atoms with van der Waals surface area (Å²) in [5, 5.41) is 11.1. The van der Waals surface area contributed by atoms with Gasteiger partial charge in [-0.15, -0.1) is 0 Å². The molecule has 2 heteroatoms. The standard InChI is InChI=1S/C15H24O2/c1-10(2)12-5-7-14(4)8-6-13(11(3)16)15(14,17)9-12/h12-13,17H,1,5-9H2,2-4H3/t12-,13-,14+,15+/m1/s1. The van der Waals surface area contributed by atoms with Gasteiger partial charge in [-0.25, -0.2) is 0 Å². The highest BCUT2D eigenvalue weighted by Gasteiger charge is 2.60. The van der Waals surface area contributed by atoms with E-state index < -0.39 is 5.60 Å². The van der Waals surface area contributed by atoms with Crippen molar-refractivity contribution in [3.8, 4) is 0 Å². The topological polar surface area (TPSA) is 37.3 Å². The zero-order valence-electron chi connectivity index (χ0n) is 11.3. The summed E-state index contributed by atoms with van der Waals surface area (Å²) in [7, 11) is 0. The van der Waals surface area contributed by atoms with Crippen molar-refractivity contribution in [2.75, 3.05) is 0 Å². The molecule has 2 rings (SSSR count). The lowest BCUT2D eigenvalue weighted by molar-refractivity contribution is -0.146. The molecule has 0 radical (unpaired) electrons. The van der Waals surface area contributed by atoms with Crippen molar-refractivity contribution in [1.29, 1.82) is 0 Å². The number of carbonyl (C=O) groups is 1. The molecule has 96 valence electrons. The van der Waals surface area contributed by atoms with Crippen LogP contribution in [-0.2, 0) is 4.79 Å². The van der Waals surface area contributed by atoms with Gasteiger partial charge in [0.25, 0.3) is 0 Å². The first-order valence-corrected chi connectivity index (χ1v) is 6.68. The number of fused-ring (bicyclic) bond motifs is 1. The highest BCUT2D eigenvalue weighted by atomic mass is 16.3. The first-order valence-electron chi connectivity index (χ1n) is 6.68. The number of Topliss-reactive ketones (excluding diaryl/α,β-unsaturated/α-hetero) is 1. The van der Waals surface area contributed by atoms with E-state index in [1.807, 2.05) is 6.92 Å². The molecule has 0 unspecified atom stereocenters. The van der Waals surface area contributed by atoms with Gasteiger partial charge in [0.05, 0.1) is 5.60 Å². The third kappa shape index (κ3) is 1.77. The molecule has 0 spiro atoms. The largest absolute Gasteiger partial charge is 0.389 e. The maximum Gasteiger partial charge on any atom is 0.135 e. The van der Waals surface area contributed by atoms with Crippen molar-refractivity contribution in [2.45, 2.75) is 58.5 Å². The predicted octanol–water partition coefficient (Wildman–Crippen LogP) is 3.10. The number of allylic oxidation sites excluding steroid dienone is 1. The van der Waals surface area contributed by atoms with Crippen molar-refractivity contribution in [2.24, 2.45) is 17.3 Å². The molecule has 2 fully saturated rings. The minimum atomic E-state index is -0.791. The number of hydrogen-bond acceptors (Lipinski definition) is 2. The molecule has 0 aromatic rings. The Kier molecular flexibility index (Phi) is 2.97. The molecule has 0 aliphatic heterocycles. The minimum Gasteiger partial charge on any atom is -0.389 e. The Morgan fingerprint density at radius 3 is 2.41 bits per heavy atom. The van der Waals surface area contributed by atoms with Crippen molar-refractivity contribution >= 4 is 5.78 Å². The molecular weight excluding hydrogens is 212 g/mol. The Labute approximate surface area is 104 Å². The van der Waals surface area contributed by atoms with E-state index in [-0.39, 0.29) is 17.1 Å². The van der Waals surface area contributed by atoms with Gasteiger partial charge in [-0.3, -0.25) is 4.79 Å². The second-order valence-electron chi connectivity index (χ2n) is 6.47. The van der Waals surface area contributed by atoms with Crippen molar-refractivity contribution < 1.29 is 9.90 Å². The lowest BCUT2D eigenvalue weighted by Gasteiger charge is -2.49. The molecule has 0 aromatic heterocycles. The van der Waals surface area contributed by atoms with Crippen LogP contribution in [0.15, 0.2) is 12.2 Å². The van der Waals surface area contributed by atoms with Crippen LogP contribution in [0.3, 0.4) is 0 Å². The molecule has 2 aliphatic rings. The van der Waals surface area contributed by atoms with Crippen molar-refractivity contribution in [3.63, 3.8) is 0 Å². The van der Waals surface area contributed by atoms with Crippen LogP contribution >= 0.6 is 0 Å². The van der Waals surface area contributed by atoms with Gasteiger partial charge in [0, 0.05) is 5.92 Å². The lowest BCUT2D eigenvalue weighted by Crippen LogP contribution is -2.52. The maximum absolute atomic E-state index is 11.7. The summed E-state index contributed by atoms with van der Waals surface area (Å²) in [4.78, 5) is 11.7. The smallest absolute Gasteiger partial charge is 0.135 e. The molecule has 2 aliphatic carbocycles. The Morgan fingerprint density at radius 1 is 1.29 bits per heavy atom. The molecule has 0 aromatic carbocycles. The number of rotatable bonds is 2. The first kappa shape index (κ1) is 12.8. The summed E-state index contributed by atoms with van der Waals surface area (Å²) in [5.74, 6) is 0.376. The Hall–Kier alpha value is -0.630. The number of hydrogen-bond donors (Lipinski definition) is 1. The van der Waals surface area contributed by atoms with E-state index in [1.54, 1.807) is 6.92 Å². The van der Waals surface area contributed by atoms with Crippen molar-refractivity contribution in [1.82, 2.24) is 0 Å². The van der Waals surface area contributed by atoms with Gasteiger partial charge >= 0.3 is 0 Å². The second-order valence-corrected chi connectivity index (χ2v) is 6.47. The molecule has 0 saturated heterocycles. The molecule has 4 atom stereocenters. The summed E-state index contributed by atoms with van der Waals surface area (Å²) in [6.45, 7) is 9.84. The fourth-order valence-electron chi connectivity index (χ4n) is 4.00. The molecular formula is C15H24O2. The summed E-state index contributed by atoms with van der Waals surface area (Å²) in [6.07, 6.45) is 4.69. The molecule has 0 heterocycles. The van der Waals surface area contributed by atoms with Gasteiger partial charge in [0.15, 0.2) is 0 Å². The van der Waals surface area contributed by atoms with Crippen LogP contribution in [0.2, 0.25) is 0 Å². The predicted molar refractivity (Wildman–Crippen MR) is 68.6 cm³/mol. The SMILES string of the molecule is C=C(C)[C@@H]1CC[C@@]2(C)CC[C@H](C(C)=O)[C@@]2(O)C1. The third-order valence-corrected chi connectivity index (χ3v) is 5.40. The van der Waals surface area contributed by atoms with Gasteiger partial charge in [0.1, 0.15) is 5.78 Å². The van der Waals surface area contributed by atoms with Crippen LogP contribution < -0.4 is 0 Å². The van der Waals surface area contributed by atoms with Crippen LogP contribution in [0.4, 0.5) is 0 Å². The summed E-state index contributed by atoms with van der Waals surface area (Å²) in [6, 6.07) is 0. The van der Waals surface area contributed by atoms with Gasteiger partial charge in [-0.2, -0.15) is 0 Å². The molecule has 2 nitrogen and oxygen atoms in total. The van der Waals surface area contributed by atoms with E-state index in [0.717, 1.165) is 37.7 Å². The Bertz CT molecular complexity index is 360. The zero-order valence-corrected chi connectivity index (χ0v) is 11.3. The minimum absolute atomic E-state index is 0.0602. The van der Waals surface area contributed by atoms with Gasteiger partial charge in [-0.05, 0) is 57.3 Å². The van der Waals surface area contributed by atoms with Gasteiger partial charge in [-0.1, -0.05) is 19.1 Å². The first-order chi connectivity index (χ1) is 7.80. The number of aliphatic hydroxyl groups is 1. The Morgan fingerprint density at radius 2 is 1.88 bits per heavy atom. The number of carbonyl (C=O) groups excluding carboxylic acids is 1. The summed E-state index contributed by atoms with van der Waals surface area (Å²) < 4.78 is 0. The second kappa shape index (κ2) is 3.94. The van der Waals surface area contributed by atoms with Gasteiger partial charge in [0.2, 0.25) is 0 Å². The van der Waals surface area contributed by atoms with Crippen LogP contribution in [-0.4, -0.2) is 16.5 Å². The van der Waals surface area contributed by atoms with E-state index in [0.29, 0.717) is 5.92 Å². The van der Waals surface area contributed by atoms with Crippen molar-refractivity contribution in [3.05, 3.63) is 12.2 Å². The maximum atomic E-state index is 11.7. The molecule has 0 bridgehead atoms. The normalized spacial score (nSPS) is 45.4. The molecule has 0 amide bonds. The van der Waals surface area contributed by atoms with E-state index >= 15 is 0 Å². The van der Waals surface area contributed by atoms with Crippen LogP contribution in [0, 0.1) is 17.3 Å². The quantitative estimate of drug-likeness (QED) is 0.748. The van der Waals surface area contributed by atoms with E-state index in [4.69, 9.17) is 0 Å². The zero-order chi connectivity index (χ0) is 12.8. The highest BCUT2D eigenvalue weighted by Crippen LogP contribution is 2.59. The van der Waals surface area contributed by atoms with E-state index in [2.05, 4.69) is 13.5 Å². The van der Waals surface area contributed by atoms with E-state index in [9.17, 15) is 9.90 Å². The Balaban J connectivity index is 2.31. The van der Waals surface area contributed by atoms with Crippen LogP contribution in [0.1, 0.15) is 52.9 Å². The molecule has 2 saturated carbocycles. The highest BCUT2D eigenvalue weighted by molar-refractivity contribution is 5.80. The third-order valence-electron chi connectivity index (χ3n) is 5.40. The fourth-order valence-corrected chi connectivity index (χ4v) is 4.00. The summed E-state index contributed by atoms with van der Waals surface area (Å²) >= 11 is 0. The molecule has 1 N–H and O–H groups in total. The number of ketones is 1. The monoisotopic (exact) mass is 236 g/mol. The average molecular weight is 236 g/mol. The van der Waals surface area contributed by atoms with E-state index in [1.165, 1.54) is 0 Å². The van der Waals surface area contributed by atoms with Crippen LogP contribution in [0.5, 0.6) is 0 Å². The van der Waals surface area contributed by atoms with Crippen LogP contribution in [0.25, 0.3) is 0 Å². The lowest BCUT2D eigenvalue weighted by atomic mass is 9.59. The van der Waals surface area contributed by atoms with Gasteiger partial charge < -0.3 is 5.11 Å². The molecule has 17 heavy (non-hydrogen) atoms. The summed E-state index contributed by atoms with van der Waals surface area (Å²) in [5.41, 5.74) is 0.297. The fraction of sp³-hybridized carbons (Fsp3) is 0.800. The average Bonchev–Trinajstić information content (AvgIpc) is 2.49.